The summed E-state index contributed by atoms with van der Waals surface area (Å²) in [6.07, 6.45) is -0.886. The molecule has 1 aromatic heterocycles. The second kappa shape index (κ2) is 4.64. The van der Waals surface area contributed by atoms with Crippen LogP contribution in [0.1, 0.15) is 17.6 Å². The number of aldehydes is 1. The van der Waals surface area contributed by atoms with Gasteiger partial charge >= 0.3 is 0 Å². The Morgan fingerprint density at radius 2 is 2.36 bits per heavy atom. The molecule has 1 heterocycles. The van der Waals surface area contributed by atoms with Crippen LogP contribution >= 0.6 is 0 Å². The molecule has 0 aromatic carbocycles. The average Bonchev–Trinajstić information content (AvgIpc) is 2.18. The number of pyridine rings is 1. The third kappa shape index (κ3) is 2.25. The predicted octanol–water partition coefficient (Wildman–Crippen LogP) is 1.77. The van der Waals surface area contributed by atoms with E-state index >= 15 is 0 Å². The first kappa shape index (κ1) is 10.6. The van der Waals surface area contributed by atoms with E-state index < -0.39 is 6.43 Å². The van der Waals surface area contributed by atoms with E-state index in [1.807, 2.05) is 0 Å². The van der Waals surface area contributed by atoms with Crippen LogP contribution < -0.4 is 4.74 Å². The Bertz CT molecular complexity index is 329. The molecule has 0 aliphatic carbocycles. The van der Waals surface area contributed by atoms with E-state index in [1.165, 1.54) is 13.3 Å². The van der Waals surface area contributed by atoms with Crippen LogP contribution in [0.3, 0.4) is 0 Å². The SMILES string of the molecule is COc1cc(C(F)F)c(CC=O)cn1. The molecule has 0 saturated carbocycles. The van der Waals surface area contributed by atoms with E-state index in [-0.39, 0.29) is 23.4 Å². The van der Waals surface area contributed by atoms with Crippen molar-refractivity contribution in [2.24, 2.45) is 0 Å². The molecule has 0 aliphatic heterocycles. The number of halogens is 2. The van der Waals surface area contributed by atoms with Crippen molar-refractivity contribution in [2.45, 2.75) is 12.8 Å². The number of carbonyl (C=O) groups excluding carboxylic acids is 1. The lowest BCUT2D eigenvalue weighted by Crippen LogP contribution is -1.99. The number of ether oxygens (including phenoxy) is 1. The van der Waals surface area contributed by atoms with Gasteiger partial charge in [-0.15, -0.1) is 0 Å². The van der Waals surface area contributed by atoms with Crippen LogP contribution in [0.15, 0.2) is 12.3 Å². The Kier molecular flexibility index (Phi) is 3.50. The average molecular weight is 201 g/mol. The van der Waals surface area contributed by atoms with Crippen LogP contribution in [-0.2, 0) is 11.2 Å². The predicted molar refractivity (Wildman–Crippen MR) is 45.5 cm³/mol. The van der Waals surface area contributed by atoms with Crippen LogP contribution in [-0.4, -0.2) is 18.4 Å². The summed E-state index contributed by atoms with van der Waals surface area (Å²) in [5, 5.41) is 0. The normalized spacial score (nSPS) is 10.3. The van der Waals surface area contributed by atoms with Crippen LogP contribution in [0.5, 0.6) is 5.88 Å². The summed E-state index contributed by atoms with van der Waals surface area (Å²) >= 11 is 0. The minimum absolute atomic E-state index is 0.0589. The van der Waals surface area contributed by atoms with Crippen LogP contribution in [0, 0.1) is 0 Å². The van der Waals surface area contributed by atoms with Gasteiger partial charge in [0.25, 0.3) is 6.43 Å². The fraction of sp³-hybridized carbons (Fsp3) is 0.333. The van der Waals surface area contributed by atoms with Gasteiger partial charge in [0.2, 0.25) is 5.88 Å². The smallest absolute Gasteiger partial charge is 0.264 e. The standard InChI is InChI=1S/C9H9F2NO2/c1-14-8-4-7(9(10)11)6(2-3-13)5-12-8/h3-5,9H,2H2,1H3. The van der Waals surface area contributed by atoms with Crippen molar-refractivity contribution in [3.8, 4) is 5.88 Å². The molecule has 1 aromatic rings. The van der Waals surface area contributed by atoms with Gasteiger partial charge < -0.3 is 9.53 Å². The lowest BCUT2D eigenvalue weighted by molar-refractivity contribution is -0.107. The number of carbonyl (C=O) groups is 1. The number of rotatable bonds is 4. The van der Waals surface area contributed by atoms with Gasteiger partial charge in [0.05, 0.1) is 7.11 Å². The molecule has 76 valence electrons. The zero-order valence-electron chi connectivity index (χ0n) is 7.54. The molecule has 0 amide bonds. The molecule has 0 saturated heterocycles. The topological polar surface area (TPSA) is 39.2 Å². The summed E-state index contributed by atoms with van der Waals surface area (Å²) in [6.45, 7) is 0. The molecule has 0 unspecified atom stereocenters. The summed E-state index contributed by atoms with van der Waals surface area (Å²) < 4.78 is 29.6. The lowest BCUT2D eigenvalue weighted by Gasteiger charge is -2.07. The highest BCUT2D eigenvalue weighted by molar-refractivity contribution is 5.56. The largest absolute Gasteiger partial charge is 0.481 e. The maximum Gasteiger partial charge on any atom is 0.264 e. The van der Waals surface area contributed by atoms with E-state index in [9.17, 15) is 13.6 Å². The number of hydrogen-bond acceptors (Lipinski definition) is 3. The first-order valence-electron chi connectivity index (χ1n) is 3.93. The molecule has 1 rings (SSSR count). The summed E-state index contributed by atoms with van der Waals surface area (Å²) in [7, 11) is 1.34. The Balaban J connectivity index is 3.09. The Hall–Kier alpha value is -1.52. The summed E-state index contributed by atoms with van der Waals surface area (Å²) in [5.74, 6) is 0.120. The first-order valence-corrected chi connectivity index (χ1v) is 3.93. The van der Waals surface area contributed by atoms with Crippen LogP contribution in [0.4, 0.5) is 8.78 Å². The highest BCUT2D eigenvalue weighted by Gasteiger charge is 2.14. The second-order valence-corrected chi connectivity index (χ2v) is 2.60. The van der Waals surface area contributed by atoms with E-state index in [4.69, 9.17) is 4.74 Å². The van der Waals surface area contributed by atoms with Crippen molar-refractivity contribution in [1.82, 2.24) is 4.98 Å². The quantitative estimate of drug-likeness (QED) is 0.697. The zero-order valence-corrected chi connectivity index (χ0v) is 7.54. The molecule has 0 spiro atoms. The van der Waals surface area contributed by atoms with Crippen molar-refractivity contribution < 1.29 is 18.3 Å². The lowest BCUT2D eigenvalue weighted by atomic mass is 10.1. The Morgan fingerprint density at radius 1 is 1.64 bits per heavy atom. The van der Waals surface area contributed by atoms with Gasteiger partial charge in [0, 0.05) is 24.2 Å². The third-order valence-electron chi connectivity index (χ3n) is 1.74. The van der Waals surface area contributed by atoms with Gasteiger partial charge in [-0.3, -0.25) is 0 Å². The van der Waals surface area contributed by atoms with Gasteiger partial charge in [0.1, 0.15) is 6.29 Å². The number of aromatic nitrogens is 1. The minimum Gasteiger partial charge on any atom is -0.481 e. The Morgan fingerprint density at radius 3 is 2.86 bits per heavy atom. The van der Waals surface area contributed by atoms with Crippen LogP contribution in [0.25, 0.3) is 0 Å². The Labute approximate surface area is 79.7 Å². The zero-order chi connectivity index (χ0) is 10.6. The number of methoxy groups -OCH3 is 1. The molecule has 0 radical (unpaired) electrons. The van der Waals surface area contributed by atoms with E-state index in [1.54, 1.807) is 0 Å². The van der Waals surface area contributed by atoms with Gasteiger partial charge in [-0.2, -0.15) is 0 Å². The van der Waals surface area contributed by atoms with E-state index in [2.05, 4.69) is 4.98 Å². The molecule has 14 heavy (non-hydrogen) atoms. The third-order valence-corrected chi connectivity index (χ3v) is 1.74. The number of nitrogens with zero attached hydrogens (tertiary/aromatic N) is 1. The molecule has 0 fully saturated rings. The number of hydrogen-bond donors (Lipinski definition) is 0. The molecule has 5 heteroatoms. The maximum absolute atomic E-state index is 12.5. The molecular weight excluding hydrogens is 192 g/mol. The molecular formula is C9H9F2NO2. The van der Waals surface area contributed by atoms with Crippen molar-refractivity contribution in [3.05, 3.63) is 23.4 Å². The summed E-state index contributed by atoms with van der Waals surface area (Å²) in [6, 6.07) is 1.14. The maximum atomic E-state index is 12.5. The van der Waals surface area contributed by atoms with Gasteiger partial charge in [0.15, 0.2) is 0 Å². The highest BCUT2D eigenvalue weighted by Crippen LogP contribution is 2.25. The van der Waals surface area contributed by atoms with E-state index in [0.717, 1.165) is 6.07 Å². The molecule has 0 bridgehead atoms. The van der Waals surface area contributed by atoms with Crippen molar-refractivity contribution in [3.63, 3.8) is 0 Å². The molecule has 0 atom stereocenters. The van der Waals surface area contributed by atoms with Crippen molar-refractivity contribution in [1.29, 1.82) is 0 Å². The number of alkyl halides is 2. The summed E-state index contributed by atoms with van der Waals surface area (Å²) in [4.78, 5) is 13.9. The molecule has 0 N–H and O–H groups in total. The van der Waals surface area contributed by atoms with Crippen molar-refractivity contribution in [2.75, 3.05) is 7.11 Å². The van der Waals surface area contributed by atoms with E-state index in [0.29, 0.717) is 6.29 Å². The monoisotopic (exact) mass is 201 g/mol. The molecule has 3 nitrogen and oxygen atoms in total. The van der Waals surface area contributed by atoms with Gasteiger partial charge in [-0.1, -0.05) is 0 Å². The molecule has 0 aliphatic rings. The highest BCUT2D eigenvalue weighted by atomic mass is 19.3. The first-order chi connectivity index (χ1) is 6.69. The second-order valence-electron chi connectivity index (χ2n) is 2.60. The van der Waals surface area contributed by atoms with Gasteiger partial charge in [-0.05, 0) is 5.56 Å². The minimum atomic E-state index is -2.62. The van der Waals surface area contributed by atoms with Crippen LogP contribution in [0.2, 0.25) is 0 Å². The fourth-order valence-corrected chi connectivity index (χ4v) is 1.05. The van der Waals surface area contributed by atoms with Gasteiger partial charge in [-0.25, -0.2) is 13.8 Å². The summed E-state index contributed by atoms with van der Waals surface area (Å²) in [5.41, 5.74) is 0.0275. The fourth-order valence-electron chi connectivity index (χ4n) is 1.05. The van der Waals surface area contributed by atoms with Crippen molar-refractivity contribution >= 4 is 6.29 Å².